The third kappa shape index (κ3) is 7.13. The van der Waals surface area contributed by atoms with Crippen LogP contribution in [-0.2, 0) is 11.2 Å². The summed E-state index contributed by atoms with van der Waals surface area (Å²) in [5.74, 6) is -0.558. The number of benzene rings is 1. The fraction of sp³-hybridized carbons (Fsp3) is 0.462. The van der Waals surface area contributed by atoms with Crippen LogP contribution in [-0.4, -0.2) is 22.0 Å². The minimum Gasteiger partial charge on any atom is -0.481 e. The van der Waals surface area contributed by atoms with Crippen molar-refractivity contribution >= 4 is 5.97 Å². The Hall–Kier alpha value is -0.390. The molecule has 0 amide bonds. The molecule has 1 aromatic carbocycles. The van der Waals surface area contributed by atoms with Crippen molar-refractivity contribution in [3.05, 3.63) is 35.4 Å². The van der Waals surface area contributed by atoms with E-state index in [-0.39, 0.29) is 40.5 Å². The van der Waals surface area contributed by atoms with Gasteiger partial charge in [-0.15, -0.1) is 0 Å². The quantitative estimate of drug-likeness (QED) is 0.665. The van der Waals surface area contributed by atoms with E-state index >= 15 is 0 Å². The third-order valence-electron chi connectivity index (χ3n) is 2.49. The van der Waals surface area contributed by atoms with E-state index in [1.165, 1.54) is 5.56 Å². The van der Waals surface area contributed by atoms with E-state index in [9.17, 15) is 4.79 Å². The van der Waals surface area contributed by atoms with Crippen LogP contribution in [0.5, 0.6) is 0 Å². The summed E-state index contributed by atoms with van der Waals surface area (Å²) in [7, 11) is 0. The molecule has 1 unspecified atom stereocenters. The molecule has 0 saturated carbocycles. The fourth-order valence-electron chi connectivity index (χ4n) is 1.56. The van der Waals surface area contributed by atoms with E-state index in [1.54, 1.807) is 6.92 Å². The zero-order valence-electron chi connectivity index (χ0n) is 11.5. The largest absolute Gasteiger partial charge is 1.00 e. The number of rotatable bonds is 4. The molecule has 0 aromatic heterocycles. The molecule has 0 aliphatic rings. The van der Waals surface area contributed by atoms with Crippen LogP contribution < -0.4 is 29.6 Å². The van der Waals surface area contributed by atoms with Crippen LogP contribution in [0.2, 0.25) is 0 Å². The van der Waals surface area contributed by atoms with Gasteiger partial charge in [-0.05, 0) is 30.4 Å². The summed E-state index contributed by atoms with van der Waals surface area (Å²) in [5.41, 5.74) is 2.14. The van der Waals surface area contributed by atoms with Gasteiger partial charge in [0.1, 0.15) is 0 Å². The van der Waals surface area contributed by atoms with Crippen molar-refractivity contribution < 1.29 is 50.4 Å². The molecule has 0 spiro atoms. The van der Waals surface area contributed by atoms with Crippen LogP contribution in [0.25, 0.3) is 0 Å². The maximum Gasteiger partial charge on any atom is 1.00 e. The molecule has 0 aliphatic heterocycles. The predicted molar refractivity (Wildman–Crippen MR) is 68.3 cm³/mol. The molecule has 98 valence electrons. The first-order valence-electron chi connectivity index (χ1n) is 5.32. The minimum atomic E-state index is -0.772. The Morgan fingerprint density at radius 1 is 1.11 bits per heavy atom. The van der Waals surface area contributed by atoms with Crippen LogP contribution >= 0.6 is 0 Å². The number of carbonyl (C=O) groups is 1. The SMILES string of the molecule is CC(C)Cc1ccc(C(C)C(=O)O)cc1.O.O.[Na+]. The second kappa shape index (κ2) is 10.5. The summed E-state index contributed by atoms with van der Waals surface area (Å²) in [6.07, 6.45) is 1.04. The smallest absolute Gasteiger partial charge is 0.481 e. The van der Waals surface area contributed by atoms with Gasteiger partial charge in [-0.25, -0.2) is 0 Å². The Balaban J connectivity index is -0.000000750. The molecule has 18 heavy (non-hydrogen) atoms. The Bertz CT molecular complexity index is 335. The van der Waals surface area contributed by atoms with E-state index in [1.807, 2.05) is 24.3 Å². The van der Waals surface area contributed by atoms with E-state index < -0.39 is 11.9 Å². The van der Waals surface area contributed by atoms with Crippen LogP contribution in [0.4, 0.5) is 0 Å². The van der Waals surface area contributed by atoms with Crippen molar-refractivity contribution in [3.8, 4) is 0 Å². The maximum absolute atomic E-state index is 10.8. The summed E-state index contributed by atoms with van der Waals surface area (Å²) in [6.45, 7) is 6.06. The van der Waals surface area contributed by atoms with Gasteiger partial charge in [0.2, 0.25) is 0 Å². The summed E-state index contributed by atoms with van der Waals surface area (Å²) in [5, 5.41) is 8.85. The summed E-state index contributed by atoms with van der Waals surface area (Å²) in [4.78, 5) is 10.8. The Kier molecular flexibility index (Phi) is 13.3. The molecule has 5 N–H and O–H groups in total. The average Bonchev–Trinajstić information content (AvgIpc) is 2.17. The third-order valence-corrected chi connectivity index (χ3v) is 2.49. The topological polar surface area (TPSA) is 100 Å². The van der Waals surface area contributed by atoms with E-state index in [0.29, 0.717) is 5.92 Å². The first-order chi connectivity index (χ1) is 7.00. The van der Waals surface area contributed by atoms with Crippen LogP contribution in [0.15, 0.2) is 24.3 Å². The average molecular weight is 265 g/mol. The normalized spacial score (nSPS) is 10.7. The minimum absolute atomic E-state index is 0. The van der Waals surface area contributed by atoms with Crippen molar-refractivity contribution in [3.63, 3.8) is 0 Å². The van der Waals surface area contributed by atoms with E-state index in [0.717, 1.165) is 12.0 Å². The van der Waals surface area contributed by atoms with Crippen LogP contribution in [0, 0.1) is 5.92 Å². The van der Waals surface area contributed by atoms with Crippen LogP contribution in [0.1, 0.15) is 37.8 Å². The first-order valence-corrected chi connectivity index (χ1v) is 5.32. The van der Waals surface area contributed by atoms with Crippen molar-refractivity contribution in [1.82, 2.24) is 0 Å². The number of hydrogen-bond acceptors (Lipinski definition) is 1. The molecule has 0 aliphatic carbocycles. The number of hydrogen-bond donors (Lipinski definition) is 1. The summed E-state index contributed by atoms with van der Waals surface area (Å²) in [6, 6.07) is 7.87. The molecule has 1 rings (SSSR count). The molecular weight excluding hydrogens is 243 g/mol. The fourth-order valence-corrected chi connectivity index (χ4v) is 1.56. The Morgan fingerprint density at radius 3 is 1.89 bits per heavy atom. The molecule has 0 heterocycles. The molecule has 1 atom stereocenters. The van der Waals surface area contributed by atoms with Crippen molar-refractivity contribution in [2.45, 2.75) is 33.1 Å². The van der Waals surface area contributed by atoms with Gasteiger partial charge in [0.15, 0.2) is 0 Å². The van der Waals surface area contributed by atoms with Gasteiger partial charge in [0.25, 0.3) is 0 Å². The maximum atomic E-state index is 10.8. The second-order valence-electron chi connectivity index (χ2n) is 4.40. The molecular formula is C13H22NaO4+. The molecule has 0 saturated heterocycles. The van der Waals surface area contributed by atoms with Gasteiger partial charge in [0.05, 0.1) is 5.92 Å². The molecule has 4 nitrogen and oxygen atoms in total. The number of aliphatic carboxylic acids is 1. The number of carboxylic acid groups (broad SMARTS) is 1. The van der Waals surface area contributed by atoms with Gasteiger partial charge in [-0.3, -0.25) is 4.79 Å². The van der Waals surface area contributed by atoms with E-state index in [2.05, 4.69) is 13.8 Å². The van der Waals surface area contributed by atoms with Crippen molar-refractivity contribution in [2.75, 3.05) is 0 Å². The molecule has 1 aromatic rings. The Labute approximate surface area is 130 Å². The second-order valence-corrected chi connectivity index (χ2v) is 4.40. The molecule has 0 bridgehead atoms. The first kappa shape index (κ1) is 22.8. The zero-order valence-corrected chi connectivity index (χ0v) is 13.5. The van der Waals surface area contributed by atoms with Gasteiger partial charge >= 0.3 is 35.5 Å². The predicted octanol–water partition coefficient (Wildman–Crippen LogP) is -1.57. The molecule has 0 radical (unpaired) electrons. The van der Waals surface area contributed by atoms with Gasteiger partial charge in [-0.1, -0.05) is 38.1 Å². The molecule has 0 fully saturated rings. The van der Waals surface area contributed by atoms with Crippen LogP contribution in [0.3, 0.4) is 0 Å². The molecule has 5 heteroatoms. The number of carboxylic acids is 1. The zero-order chi connectivity index (χ0) is 11.4. The van der Waals surface area contributed by atoms with Gasteiger partial charge in [-0.2, -0.15) is 0 Å². The van der Waals surface area contributed by atoms with Gasteiger partial charge in [0, 0.05) is 0 Å². The monoisotopic (exact) mass is 265 g/mol. The van der Waals surface area contributed by atoms with E-state index in [4.69, 9.17) is 5.11 Å². The van der Waals surface area contributed by atoms with Gasteiger partial charge < -0.3 is 16.1 Å². The van der Waals surface area contributed by atoms with Crippen molar-refractivity contribution in [2.24, 2.45) is 5.92 Å². The summed E-state index contributed by atoms with van der Waals surface area (Å²) < 4.78 is 0. The standard InChI is InChI=1S/C13H18O2.Na.2H2O/c1-9(2)8-11-4-6-12(7-5-11)10(3)13(14)15;;;/h4-7,9-10H,8H2,1-3H3,(H,14,15);;2*1H2/q;+1;;. The summed E-state index contributed by atoms with van der Waals surface area (Å²) >= 11 is 0. The Morgan fingerprint density at radius 2 is 1.56 bits per heavy atom. The van der Waals surface area contributed by atoms with Crippen molar-refractivity contribution in [1.29, 1.82) is 0 Å².